The number of hydrogen-bond acceptors (Lipinski definition) is 7. The van der Waals surface area contributed by atoms with Crippen LogP contribution in [-0.4, -0.2) is 48.2 Å². The fourth-order valence-corrected chi connectivity index (χ4v) is 3.24. The zero-order valence-electron chi connectivity index (χ0n) is 18.1. The van der Waals surface area contributed by atoms with E-state index in [9.17, 15) is 19.2 Å². The Labute approximate surface area is 189 Å². The molecule has 0 radical (unpaired) electrons. The van der Waals surface area contributed by atoms with Crippen molar-refractivity contribution in [2.24, 2.45) is 11.7 Å². The van der Waals surface area contributed by atoms with E-state index >= 15 is 0 Å². The number of benzene rings is 1. The van der Waals surface area contributed by atoms with Gasteiger partial charge < -0.3 is 26.4 Å². The third kappa shape index (κ3) is 5.89. The van der Waals surface area contributed by atoms with Gasteiger partial charge in [0.2, 0.25) is 5.91 Å². The van der Waals surface area contributed by atoms with Gasteiger partial charge in [-0.15, -0.1) is 0 Å². The number of nitrogens with two attached hydrogens (primary N) is 2. The molecule has 2 rings (SSSR count). The number of carbonyl (C=O) groups excluding carboxylic acids is 2. The van der Waals surface area contributed by atoms with Crippen LogP contribution in [0.2, 0.25) is 5.02 Å². The van der Waals surface area contributed by atoms with Crippen molar-refractivity contribution in [3.05, 3.63) is 49.6 Å². The molecule has 0 aliphatic carbocycles. The van der Waals surface area contributed by atoms with Gasteiger partial charge in [-0.25, -0.2) is 4.79 Å². The summed E-state index contributed by atoms with van der Waals surface area (Å²) in [6.45, 7) is 3.82. The van der Waals surface area contributed by atoms with Crippen LogP contribution in [-0.2, 0) is 16.1 Å². The number of ether oxygens (including phenoxy) is 1. The monoisotopic (exact) mass is 466 g/mol. The quantitative estimate of drug-likeness (QED) is 0.398. The smallest absolute Gasteiger partial charge is 0.330 e. The summed E-state index contributed by atoms with van der Waals surface area (Å²) < 4.78 is 6.27. The van der Waals surface area contributed by atoms with E-state index in [1.807, 2.05) is 13.8 Å². The van der Waals surface area contributed by atoms with Crippen molar-refractivity contribution in [1.29, 1.82) is 0 Å². The Morgan fingerprint density at radius 2 is 2.00 bits per heavy atom. The maximum absolute atomic E-state index is 13.1. The molecule has 0 bridgehead atoms. The van der Waals surface area contributed by atoms with Crippen molar-refractivity contribution in [1.82, 2.24) is 9.55 Å². The minimum atomic E-state index is -0.794. The van der Waals surface area contributed by atoms with Crippen molar-refractivity contribution < 1.29 is 14.3 Å². The van der Waals surface area contributed by atoms with Crippen LogP contribution in [0.15, 0.2) is 27.8 Å². The summed E-state index contributed by atoms with van der Waals surface area (Å²) in [6, 6.07) is 4.39. The number of primary amides is 1. The Morgan fingerprint density at radius 1 is 1.31 bits per heavy atom. The van der Waals surface area contributed by atoms with Gasteiger partial charge in [0.25, 0.3) is 11.5 Å². The second kappa shape index (κ2) is 10.8. The lowest BCUT2D eigenvalue weighted by molar-refractivity contribution is -0.117. The van der Waals surface area contributed by atoms with Crippen molar-refractivity contribution in [2.75, 3.05) is 42.8 Å². The minimum absolute atomic E-state index is 0.00238. The molecule has 2 amide bonds. The molecule has 0 aliphatic rings. The molecule has 0 spiro atoms. The zero-order valence-corrected chi connectivity index (χ0v) is 18.9. The average Bonchev–Trinajstić information content (AvgIpc) is 2.71. The van der Waals surface area contributed by atoms with E-state index in [0.29, 0.717) is 5.02 Å². The number of aromatic nitrogens is 2. The number of nitrogens with zero attached hydrogens (tertiary/aromatic N) is 2. The number of hydrogen-bond donors (Lipinski definition) is 4. The number of nitrogens with one attached hydrogen (secondary N) is 2. The first-order chi connectivity index (χ1) is 15.1. The summed E-state index contributed by atoms with van der Waals surface area (Å²) in [4.78, 5) is 52.9. The molecule has 6 N–H and O–H groups in total. The SMILES string of the molecule is COCCN(C(=O)CNc1cc(Cl)ccc1C(N)=O)c1c(N)n(CC(C)C)c(=O)[nH]c1=O. The van der Waals surface area contributed by atoms with E-state index in [1.54, 1.807) is 0 Å². The molecular formula is C20H27ClN6O5. The number of halogens is 1. The highest BCUT2D eigenvalue weighted by molar-refractivity contribution is 6.31. The highest BCUT2D eigenvalue weighted by Gasteiger charge is 2.24. The number of aromatic amines is 1. The second-order valence-electron chi connectivity index (χ2n) is 7.44. The maximum atomic E-state index is 13.1. The molecule has 0 fully saturated rings. The molecule has 0 saturated carbocycles. The van der Waals surface area contributed by atoms with Gasteiger partial charge >= 0.3 is 5.69 Å². The average molecular weight is 467 g/mol. The van der Waals surface area contributed by atoms with Crippen LogP contribution in [0.25, 0.3) is 0 Å². The largest absolute Gasteiger partial charge is 0.383 e. The number of rotatable bonds is 10. The van der Waals surface area contributed by atoms with Gasteiger partial charge in [0.15, 0.2) is 5.69 Å². The maximum Gasteiger partial charge on any atom is 0.330 e. The lowest BCUT2D eigenvalue weighted by Crippen LogP contribution is -2.44. The Balaban J connectivity index is 2.42. The number of methoxy groups -OCH3 is 1. The summed E-state index contributed by atoms with van der Waals surface area (Å²) in [7, 11) is 1.44. The molecule has 2 aromatic rings. The summed E-state index contributed by atoms with van der Waals surface area (Å²) >= 11 is 5.98. The fourth-order valence-electron chi connectivity index (χ4n) is 3.07. The topological polar surface area (TPSA) is 166 Å². The van der Waals surface area contributed by atoms with Gasteiger partial charge in [-0.3, -0.25) is 23.9 Å². The van der Waals surface area contributed by atoms with Crippen LogP contribution < -0.4 is 32.9 Å². The van der Waals surface area contributed by atoms with E-state index in [-0.39, 0.29) is 54.9 Å². The van der Waals surface area contributed by atoms with Crippen LogP contribution >= 0.6 is 11.6 Å². The Morgan fingerprint density at radius 3 is 2.59 bits per heavy atom. The summed E-state index contributed by atoms with van der Waals surface area (Å²) in [5.41, 5.74) is 10.3. The Hall–Kier alpha value is -3.31. The molecule has 0 unspecified atom stereocenters. The lowest BCUT2D eigenvalue weighted by Gasteiger charge is -2.25. The summed E-state index contributed by atoms with van der Waals surface area (Å²) in [5.74, 6) is -1.32. The first-order valence-corrected chi connectivity index (χ1v) is 10.2. The standard InChI is InChI=1S/C20H27ClN6O5/c1-11(2)10-27-17(22)16(19(30)25-20(27)31)26(6-7-32-3)15(28)9-24-14-8-12(21)4-5-13(14)18(23)29/h4-5,8,11,24H,6-7,9-10,22H2,1-3H3,(H2,23,29)(H,25,30,31). The van der Waals surface area contributed by atoms with Crippen molar-refractivity contribution in [3.8, 4) is 0 Å². The molecule has 1 heterocycles. The molecule has 0 aliphatic heterocycles. The minimum Gasteiger partial charge on any atom is -0.383 e. The summed E-state index contributed by atoms with van der Waals surface area (Å²) in [5, 5.41) is 3.16. The molecule has 11 nitrogen and oxygen atoms in total. The Bertz CT molecular complexity index is 1110. The third-order valence-electron chi connectivity index (χ3n) is 4.53. The van der Waals surface area contributed by atoms with Crippen molar-refractivity contribution >= 4 is 40.6 Å². The van der Waals surface area contributed by atoms with E-state index < -0.39 is 23.1 Å². The molecular weight excluding hydrogens is 440 g/mol. The highest BCUT2D eigenvalue weighted by Crippen LogP contribution is 2.22. The van der Waals surface area contributed by atoms with Gasteiger partial charge in [-0.1, -0.05) is 25.4 Å². The van der Waals surface area contributed by atoms with Gasteiger partial charge in [-0.05, 0) is 24.1 Å². The molecule has 0 saturated heterocycles. The van der Waals surface area contributed by atoms with Gasteiger partial charge in [0, 0.05) is 30.9 Å². The predicted octanol–water partition coefficient (Wildman–Crippen LogP) is 0.619. The number of H-pyrrole nitrogens is 1. The number of carbonyl (C=O) groups is 2. The van der Waals surface area contributed by atoms with Crippen LogP contribution in [0.4, 0.5) is 17.2 Å². The normalized spacial score (nSPS) is 10.9. The fraction of sp³-hybridized carbons (Fsp3) is 0.400. The summed E-state index contributed by atoms with van der Waals surface area (Å²) in [6.07, 6.45) is 0. The van der Waals surface area contributed by atoms with E-state index in [0.717, 1.165) is 4.90 Å². The van der Waals surface area contributed by atoms with Crippen molar-refractivity contribution in [2.45, 2.75) is 20.4 Å². The number of nitrogen functional groups attached to an aromatic ring is 1. The first kappa shape index (κ1) is 25.0. The molecule has 174 valence electrons. The van der Waals surface area contributed by atoms with Gasteiger partial charge in [0.05, 0.1) is 18.7 Å². The third-order valence-corrected chi connectivity index (χ3v) is 4.76. The predicted molar refractivity (Wildman–Crippen MR) is 123 cm³/mol. The van der Waals surface area contributed by atoms with Crippen LogP contribution in [0, 0.1) is 5.92 Å². The number of anilines is 3. The van der Waals surface area contributed by atoms with Gasteiger partial charge in [0.1, 0.15) is 5.82 Å². The lowest BCUT2D eigenvalue weighted by atomic mass is 10.1. The molecule has 12 heteroatoms. The second-order valence-corrected chi connectivity index (χ2v) is 7.88. The first-order valence-electron chi connectivity index (χ1n) is 9.81. The molecule has 1 aromatic carbocycles. The van der Waals surface area contributed by atoms with Crippen LogP contribution in [0.1, 0.15) is 24.2 Å². The van der Waals surface area contributed by atoms with Gasteiger partial charge in [-0.2, -0.15) is 0 Å². The Kier molecular flexibility index (Phi) is 8.44. The number of amides is 2. The van der Waals surface area contributed by atoms with Crippen LogP contribution in [0.3, 0.4) is 0 Å². The molecule has 1 aromatic heterocycles. The zero-order chi connectivity index (χ0) is 24.0. The van der Waals surface area contributed by atoms with E-state index in [4.69, 9.17) is 27.8 Å². The van der Waals surface area contributed by atoms with E-state index in [2.05, 4.69) is 10.3 Å². The molecule has 0 atom stereocenters. The van der Waals surface area contributed by atoms with Crippen LogP contribution in [0.5, 0.6) is 0 Å². The van der Waals surface area contributed by atoms with Crippen molar-refractivity contribution in [3.63, 3.8) is 0 Å². The highest BCUT2D eigenvalue weighted by atomic mass is 35.5. The van der Waals surface area contributed by atoms with E-state index in [1.165, 1.54) is 29.9 Å². The molecule has 32 heavy (non-hydrogen) atoms.